The smallest absolute Gasteiger partial charge is 0.275 e. The van der Waals surface area contributed by atoms with Gasteiger partial charge in [-0.15, -0.1) is 0 Å². The zero-order valence-electron chi connectivity index (χ0n) is 18.4. The fourth-order valence-corrected chi connectivity index (χ4v) is 4.44. The van der Waals surface area contributed by atoms with Gasteiger partial charge in [-0.3, -0.25) is 14.4 Å². The molecule has 3 heterocycles. The third-order valence-electron chi connectivity index (χ3n) is 6.48. The molecule has 0 aliphatic carbocycles. The van der Waals surface area contributed by atoms with E-state index in [1.165, 1.54) is 7.11 Å². The monoisotopic (exact) mass is 501 g/mol. The molecule has 2 aromatic rings. The molecule has 2 amide bonds. The number of alkyl halides is 2. The minimum atomic E-state index is -3.34. The molecule has 2 N–H and O–H groups in total. The van der Waals surface area contributed by atoms with Crippen molar-refractivity contribution in [3.8, 4) is 5.75 Å². The standard InChI is InChI=1S/C22H20F5N3O5/c1-9-22(26,27)5-16(35-2)15-8-29(9)21(34)17-19(32)18(31)12(7-30(15)17)20(33)28-6-11-13(24)3-10(23)4-14(11)25/h3-4,7,9,15-16,32H,5-6,8H2,1-2H3,(H,28,33)/t9-,15?,16+/m0/s1. The molecule has 13 heteroatoms. The minimum absolute atomic E-state index is 0.240. The van der Waals surface area contributed by atoms with E-state index in [0.29, 0.717) is 12.1 Å². The Labute approximate surface area is 194 Å². The third-order valence-corrected chi connectivity index (χ3v) is 6.48. The number of rotatable bonds is 4. The molecule has 4 rings (SSSR count). The van der Waals surface area contributed by atoms with Crippen molar-refractivity contribution in [3.63, 3.8) is 0 Å². The molecule has 0 saturated carbocycles. The Morgan fingerprint density at radius 3 is 2.46 bits per heavy atom. The predicted molar refractivity (Wildman–Crippen MR) is 110 cm³/mol. The SMILES string of the molecule is CO[C@@H]1CC(F)(F)[C@H](C)N2CC1n1cc(C(=O)NCc3c(F)cc(F)cc3F)c(=O)c(O)c1C2=O. The summed E-state index contributed by atoms with van der Waals surface area (Å²) < 4.78 is 76.6. The number of nitrogens with one attached hydrogen (secondary N) is 1. The Kier molecular flexibility index (Phi) is 6.07. The number of halogens is 5. The molecule has 0 spiro atoms. The maximum atomic E-state index is 14.7. The number of benzene rings is 1. The number of amides is 2. The van der Waals surface area contributed by atoms with Crippen molar-refractivity contribution >= 4 is 11.8 Å². The molecule has 1 saturated heterocycles. The Bertz CT molecular complexity index is 1260. The number of pyridine rings is 1. The Balaban J connectivity index is 1.74. The van der Waals surface area contributed by atoms with E-state index in [-0.39, 0.29) is 6.54 Å². The average molecular weight is 501 g/mol. The highest BCUT2D eigenvalue weighted by Gasteiger charge is 2.53. The second kappa shape index (κ2) is 8.63. The maximum absolute atomic E-state index is 14.7. The van der Waals surface area contributed by atoms with Crippen LogP contribution in [-0.4, -0.2) is 58.1 Å². The van der Waals surface area contributed by atoms with E-state index in [1.54, 1.807) is 0 Å². The van der Waals surface area contributed by atoms with Gasteiger partial charge in [0.25, 0.3) is 17.7 Å². The maximum Gasteiger partial charge on any atom is 0.275 e. The summed E-state index contributed by atoms with van der Waals surface area (Å²) in [6, 6.07) is -1.71. The zero-order chi connectivity index (χ0) is 25.8. The van der Waals surface area contributed by atoms with E-state index < -0.39 is 94.3 Å². The molecule has 8 nitrogen and oxygen atoms in total. The number of aromatic hydroxyl groups is 1. The van der Waals surface area contributed by atoms with Crippen LogP contribution in [0.25, 0.3) is 0 Å². The highest BCUT2D eigenvalue weighted by atomic mass is 19.3. The number of methoxy groups -OCH3 is 1. The van der Waals surface area contributed by atoms with Crippen LogP contribution < -0.4 is 10.7 Å². The second-order valence-corrected chi connectivity index (χ2v) is 8.45. The fourth-order valence-electron chi connectivity index (χ4n) is 4.44. The fraction of sp³-hybridized carbons (Fsp3) is 0.409. The van der Waals surface area contributed by atoms with Crippen LogP contribution in [0.1, 0.15) is 45.8 Å². The first-order chi connectivity index (χ1) is 16.4. The lowest BCUT2D eigenvalue weighted by Crippen LogP contribution is -2.52. The largest absolute Gasteiger partial charge is 0.503 e. The van der Waals surface area contributed by atoms with E-state index in [2.05, 4.69) is 5.32 Å². The minimum Gasteiger partial charge on any atom is -0.503 e. The lowest BCUT2D eigenvalue weighted by molar-refractivity contribution is -0.0849. The number of carbonyl (C=O) groups is 2. The molecule has 0 radical (unpaired) electrons. The van der Waals surface area contributed by atoms with Crippen molar-refractivity contribution in [1.29, 1.82) is 0 Å². The Hall–Kier alpha value is -3.48. The number of carbonyl (C=O) groups excluding carboxylic acids is 2. The van der Waals surface area contributed by atoms with Crippen molar-refractivity contribution in [2.45, 2.75) is 44.0 Å². The van der Waals surface area contributed by atoms with E-state index in [1.807, 2.05) is 0 Å². The number of hydrogen-bond acceptors (Lipinski definition) is 5. The summed E-state index contributed by atoms with van der Waals surface area (Å²) in [5.41, 5.74) is -3.23. The van der Waals surface area contributed by atoms with Gasteiger partial charge in [-0.05, 0) is 6.92 Å². The van der Waals surface area contributed by atoms with Gasteiger partial charge in [-0.1, -0.05) is 0 Å². The van der Waals surface area contributed by atoms with Gasteiger partial charge in [0.1, 0.15) is 23.0 Å². The van der Waals surface area contributed by atoms with Crippen LogP contribution in [0.5, 0.6) is 5.75 Å². The van der Waals surface area contributed by atoms with Gasteiger partial charge in [-0.2, -0.15) is 0 Å². The number of nitrogens with zero attached hydrogens (tertiary/aromatic N) is 2. The van der Waals surface area contributed by atoms with E-state index in [4.69, 9.17) is 4.74 Å². The number of fused-ring (bicyclic) bond motifs is 4. The van der Waals surface area contributed by atoms with Gasteiger partial charge < -0.3 is 24.6 Å². The van der Waals surface area contributed by atoms with Crippen molar-refractivity contribution in [3.05, 3.63) is 62.8 Å². The van der Waals surface area contributed by atoms with E-state index in [0.717, 1.165) is 22.6 Å². The normalized spacial score (nSPS) is 23.0. The molecule has 2 aliphatic rings. The lowest BCUT2D eigenvalue weighted by atomic mass is 10.0. The summed E-state index contributed by atoms with van der Waals surface area (Å²) in [5.74, 6) is -10.4. The van der Waals surface area contributed by atoms with Crippen LogP contribution in [0.15, 0.2) is 23.1 Å². The van der Waals surface area contributed by atoms with Crippen LogP contribution in [0.4, 0.5) is 22.0 Å². The van der Waals surface area contributed by atoms with E-state index in [9.17, 15) is 41.4 Å². The molecule has 35 heavy (non-hydrogen) atoms. The van der Waals surface area contributed by atoms with Gasteiger partial charge in [-0.25, -0.2) is 22.0 Å². The summed E-state index contributed by atoms with van der Waals surface area (Å²) in [7, 11) is 1.19. The number of aromatic nitrogens is 1. The molecule has 2 aliphatic heterocycles. The van der Waals surface area contributed by atoms with Crippen LogP contribution in [0.3, 0.4) is 0 Å². The van der Waals surface area contributed by atoms with Crippen LogP contribution in [0.2, 0.25) is 0 Å². The Morgan fingerprint density at radius 2 is 1.86 bits per heavy atom. The summed E-state index contributed by atoms with van der Waals surface area (Å²) in [6.07, 6.45) is -0.996. The van der Waals surface area contributed by atoms with Crippen molar-refractivity contribution in [2.24, 2.45) is 0 Å². The molecule has 188 valence electrons. The summed E-state index contributed by atoms with van der Waals surface area (Å²) in [5, 5.41) is 12.6. The molecule has 1 fully saturated rings. The quantitative estimate of drug-likeness (QED) is 0.627. The first kappa shape index (κ1) is 24.6. The first-order valence-electron chi connectivity index (χ1n) is 10.5. The van der Waals surface area contributed by atoms with Gasteiger partial charge in [0.15, 0.2) is 11.4 Å². The zero-order valence-corrected chi connectivity index (χ0v) is 18.4. The molecule has 2 bridgehead atoms. The second-order valence-electron chi connectivity index (χ2n) is 8.45. The first-order valence-corrected chi connectivity index (χ1v) is 10.5. The van der Waals surface area contributed by atoms with Crippen LogP contribution >= 0.6 is 0 Å². The molecule has 3 atom stereocenters. The highest BCUT2D eigenvalue weighted by Crippen LogP contribution is 2.41. The van der Waals surface area contributed by atoms with Crippen LogP contribution in [-0.2, 0) is 11.3 Å². The molecule has 1 aromatic carbocycles. The highest BCUT2D eigenvalue weighted by molar-refractivity contribution is 5.99. The number of hydrogen-bond donors (Lipinski definition) is 2. The molecular weight excluding hydrogens is 481 g/mol. The van der Waals surface area contributed by atoms with E-state index >= 15 is 0 Å². The average Bonchev–Trinajstić information content (AvgIpc) is 2.86. The summed E-state index contributed by atoms with van der Waals surface area (Å²) in [6.45, 7) is 0.142. The van der Waals surface area contributed by atoms with Crippen molar-refractivity contribution in [2.75, 3.05) is 13.7 Å². The summed E-state index contributed by atoms with van der Waals surface area (Å²) in [4.78, 5) is 39.2. The topological polar surface area (TPSA) is 101 Å². The van der Waals surface area contributed by atoms with Crippen molar-refractivity contribution in [1.82, 2.24) is 14.8 Å². The lowest BCUT2D eigenvalue weighted by Gasteiger charge is -2.38. The summed E-state index contributed by atoms with van der Waals surface area (Å²) >= 11 is 0. The van der Waals surface area contributed by atoms with Gasteiger partial charge in [0, 0.05) is 50.5 Å². The Morgan fingerprint density at radius 1 is 1.23 bits per heavy atom. The van der Waals surface area contributed by atoms with Crippen LogP contribution in [0, 0.1) is 17.5 Å². The van der Waals surface area contributed by atoms with Crippen molar-refractivity contribution < 1.29 is 41.4 Å². The predicted octanol–water partition coefficient (Wildman–Crippen LogP) is 2.34. The van der Waals surface area contributed by atoms with Gasteiger partial charge >= 0.3 is 0 Å². The third kappa shape index (κ3) is 4.03. The number of ether oxygens (including phenoxy) is 1. The molecule has 1 unspecified atom stereocenters. The molecular formula is C22H20F5N3O5. The van der Waals surface area contributed by atoms with Gasteiger partial charge in [0.05, 0.1) is 18.2 Å². The van der Waals surface area contributed by atoms with Gasteiger partial charge in [0.2, 0.25) is 5.43 Å². The molecule has 1 aromatic heterocycles.